The molecule has 19 heavy (non-hydrogen) atoms. The van der Waals surface area contributed by atoms with Gasteiger partial charge < -0.3 is 10.4 Å². The zero-order chi connectivity index (χ0) is 14.6. The van der Waals surface area contributed by atoms with Crippen molar-refractivity contribution < 1.29 is 9.90 Å². The maximum atomic E-state index is 12.0. The zero-order valence-electron chi connectivity index (χ0n) is 12.5. The Kier molecular flexibility index (Phi) is 5.12. The SMILES string of the molecule is CC(C)C(CO)C(=O)Nc1ccc(C(C)(C)C)cc1. The fourth-order valence-corrected chi connectivity index (χ4v) is 1.88. The minimum atomic E-state index is -0.359. The van der Waals surface area contributed by atoms with Gasteiger partial charge in [-0.25, -0.2) is 0 Å². The molecule has 0 saturated carbocycles. The van der Waals surface area contributed by atoms with Crippen LogP contribution >= 0.6 is 0 Å². The molecule has 3 nitrogen and oxygen atoms in total. The molecule has 0 fully saturated rings. The number of aliphatic hydroxyl groups is 1. The Hall–Kier alpha value is -1.35. The van der Waals surface area contributed by atoms with Gasteiger partial charge in [0.15, 0.2) is 0 Å². The van der Waals surface area contributed by atoms with Crippen LogP contribution in [0.4, 0.5) is 5.69 Å². The number of nitrogens with one attached hydrogen (secondary N) is 1. The maximum Gasteiger partial charge on any atom is 0.230 e. The van der Waals surface area contributed by atoms with Gasteiger partial charge in [-0.05, 0) is 29.0 Å². The molecule has 106 valence electrons. The Balaban J connectivity index is 2.76. The van der Waals surface area contributed by atoms with Crippen molar-refractivity contribution in [2.24, 2.45) is 11.8 Å². The standard InChI is InChI=1S/C16H25NO2/c1-11(2)14(10-18)15(19)17-13-8-6-12(7-9-13)16(3,4)5/h6-9,11,14,18H,10H2,1-5H3,(H,17,19). The van der Waals surface area contributed by atoms with Crippen molar-refractivity contribution in [3.8, 4) is 0 Å². The van der Waals surface area contributed by atoms with Crippen LogP contribution in [-0.4, -0.2) is 17.6 Å². The molecule has 1 amide bonds. The monoisotopic (exact) mass is 263 g/mol. The van der Waals surface area contributed by atoms with Crippen LogP contribution in [0.25, 0.3) is 0 Å². The molecule has 1 aromatic carbocycles. The van der Waals surface area contributed by atoms with Crippen LogP contribution in [0, 0.1) is 11.8 Å². The number of aliphatic hydroxyl groups excluding tert-OH is 1. The van der Waals surface area contributed by atoms with Gasteiger partial charge >= 0.3 is 0 Å². The third-order valence-electron chi connectivity index (χ3n) is 3.36. The molecule has 0 radical (unpaired) electrons. The van der Waals surface area contributed by atoms with Crippen molar-refractivity contribution in [1.82, 2.24) is 0 Å². The fraction of sp³-hybridized carbons (Fsp3) is 0.562. The van der Waals surface area contributed by atoms with E-state index in [1.165, 1.54) is 5.56 Å². The molecule has 3 heteroatoms. The van der Waals surface area contributed by atoms with E-state index < -0.39 is 0 Å². The van der Waals surface area contributed by atoms with Gasteiger partial charge in [-0.1, -0.05) is 46.8 Å². The lowest BCUT2D eigenvalue weighted by molar-refractivity contribution is -0.122. The average molecular weight is 263 g/mol. The molecule has 0 saturated heterocycles. The number of hydrogen-bond acceptors (Lipinski definition) is 2. The Bertz CT molecular complexity index is 415. The summed E-state index contributed by atoms with van der Waals surface area (Å²) in [5.74, 6) is -0.359. The van der Waals surface area contributed by atoms with Crippen molar-refractivity contribution in [3.63, 3.8) is 0 Å². The van der Waals surface area contributed by atoms with Crippen LogP contribution in [0.5, 0.6) is 0 Å². The molecule has 0 aromatic heterocycles. The first kappa shape index (κ1) is 15.7. The minimum absolute atomic E-state index is 0.105. The topological polar surface area (TPSA) is 49.3 Å². The second kappa shape index (κ2) is 6.20. The van der Waals surface area contributed by atoms with E-state index in [0.717, 1.165) is 5.69 Å². The summed E-state index contributed by atoms with van der Waals surface area (Å²) in [5.41, 5.74) is 2.11. The molecule has 1 aromatic rings. The number of benzene rings is 1. The number of amides is 1. The average Bonchev–Trinajstić information content (AvgIpc) is 2.28. The molecule has 0 aliphatic rings. The lowest BCUT2D eigenvalue weighted by atomic mass is 9.87. The first-order chi connectivity index (χ1) is 8.75. The Labute approximate surface area is 116 Å². The maximum absolute atomic E-state index is 12.0. The Morgan fingerprint density at radius 1 is 1.21 bits per heavy atom. The van der Waals surface area contributed by atoms with Crippen LogP contribution in [0.1, 0.15) is 40.2 Å². The highest BCUT2D eigenvalue weighted by Gasteiger charge is 2.21. The predicted octanol–water partition coefficient (Wildman–Crippen LogP) is 3.19. The molecule has 0 heterocycles. The largest absolute Gasteiger partial charge is 0.396 e. The number of carbonyl (C=O) groups excluding carboxylic acids is 1. The van der Waals surface area contributed by atoms with E-state index in [1.54, 1.807) is 0 Å². The first-order valence-electron chi connectivity index (χ1n) is 6.78. The highest BCUT2D eigenvalue weighted by Crippen LogP contribution is 2.24. The quantitative estimate of drug-likeness (QED) is 0.876. The molecule has 1 atom stereocenters. The summed E-state index contributed by atoms with van der Waals surface area (Å²) in [7, 11) is 0. The van der Waals surface area contributed by atoms with Gasteiger partial charge in [0.05, 0.1) is 12.5 Å². The third kappa shape index (κ3) is 4.35. The molecule has 2 N–H and O–H groups in total. The van der Waals surface area contributed by atoms with Crippen LogP contribution in [0.15, 0.2) is 24.3 Å². The highest BCUT2D eigenvalue weighted by atomic mass is 16.3. The van der Waals surface area contributed by atoms with Crippen molar-refractivity contribution >= 4 is 11.6 Å². The van der Waals surface area contributed by atoms with E-state index in [0.29, 0.717) is 0 Å². The minimum Gasteiger partial charge on any atom is -0.396 e. The lowest BCUT2D eigenvalue weighted by Gasteiger charge is -2.20. The van der Waals surface area contributed by atoms with Crippen LogP contribution in [-0.2, 0) is 10.2 Å². The molecular weight excluding hydrogens is 238 g/mol. The summed E-state index contributed by atoms with van der Waals surface area (Å²) >= 11 is 0. The molecule has 0 aliphatic carbocycles. The second-order valence-corrected chi connectivity index (χ2v) is 6.35. The van der Waals surface area contributed by atoms with Crippen molar-refractivity contribution in [2.75, 3.05) is 11.9 Å². The smallest absolute Gasteiger partial charge is 0.230 e. The normalized spacial score (nSPS) is 13.4. The number of anilines is 1. The van der Waals surface area contributed by atoms with Crippen molar-refractivity contribution in [1.29, 1.82) is 0 Å². The Morgan fingerprint density at radius 3 is 2.11 bits per heavy atom. The molecule has 1 unspecified atom stereocenters. The van der Waals surface area contributed by atoms with Crippen LogP contribution < -0.4 is 5.32 Å². The third-order valence-corrected chi connectivity index (χ3v) is 3.36. The van der Waals surface area contributed by atoms with Crippen LogP contribution in [0.3, 0.4) is 0 Å². The van der Waals surface area contributed by atoms with Crippen molar-refractivity contribution in [2.45, 2.75) is 40.0 Å². The van der Waals surface area contributed by atoms with Gasteiger partial charge in [0.1, 0.15) is 0 Å². The van der Waals surface area contributed by atoms with E-state index >= 15 is 0 Å². The summed E-state index contributed by atoms with van der Waals surface area (Å²) < 4.78 is 0. The van der Waals surface area contributed by atoms with Gasteiger partial charge in [-0.3, -0.25) is 4.79 Å². The number of carbonyl (C=O) groups is 1. The first-order valence-corrected chi connectivity index (χ1v) is 6.78. The summed E-state index contributed by atoms with van der Waals surface area (Å²) in [6, 6.07) is 7.87. The predicted molar refractivity (Wildman–Crippen MR) is 79.2 cm³/mol. The van der Waals surface area contributed by atoms with Crippen molar-refractivity contribution in [3.05, 3.63) is 29.8 Å². The summed E-state index contributed by atoms with van der Waals surface area (Å²) in [4.78, 5) is 12.0. The van der Waals surface area contributed by atoms with E-state index in [-0.39, 0.29) is 29.8 Å². The van der Waals surface area contributed by atoms with E-state index in [2.05, 4.69) is 26.1 Å². The molecule has 0 bridgehead atoms. The van der Waals surface area contributed by atoms with E-state index in [1.807, 2.05) is 38.1 Å². The van der Waals surface area contributed by atoms with Gasteiger partial charge in [-0.2, -0.15) is 0 Å². The summed E-state index contributed by atoms with van der Waals surface area (Å²) in [6.07, 6.45) is 0. The van der Waals surface area contributed by atoms with Gasteiger partial charge in [0, 0.05) is 5.69 Å². The molecule has 1 rings (SSSR count). The molecule has 0 aliphatic heterocycles. The Morgan fingerprint density at radius 2 is 1.74 bits per heavy atom. The van der Waals surface area contributed by atoms with E-state index in [9.17, 15) is 9.90 Å². The van der Waals surface area contributed by atoms with Gasteiger partial charge in [-0.15, -0.1) is 0 Å². The number of rotatable bonds is 4. The molecular formula is C16H25NO2. The van der Waals surface area contributed by atoms with E-state index in [4.69, 9.17) is 0 Å². The van der Waals surface area contributed by atoms with Gasteiger partial charge in [0.25, 0.3) is 0 Å². The lowest BCUT2D eigenvalue weighted by Crippen LogP contribution is -2.29. The number of hydrogen-bond donors (Lipinski definition) is 2. The molecule has 0 spiro atoms. The summed E-state index contributed by atoms with van der Waals surface area (Å²) in [6.45, 7) is 10.2. The zero-order valence-corrected chi connectivity index (χ0v) is 12.5. The fourth-order valence-electron chi connectivity index (χ4n) is 1.88. The summed E-state index contributed by atoms with van der Waals surface area (Å²) in [5, 5.41) is 12.1. The van der Waals surface area contributed by atoms with Crippen LogP contribution in [0.2, 0.25) is 0 Å². The van der Waals surface area contributed by atoms with Gasteiger partial charge in [0.2, 0.25) is 5.91 Å². The highest BCUT2D eigenvalue weighted by molar-refractivity contribution is 5.92. The second-order valence-electron chi connectivity index (χ2n) is 6.35.